The van der Waals surface area contributed by atoms with Gasteiger partial charge in [-0.05, 0) is 44.9 Å². The van der Waals surface area contributed by atoms with E-state index in [1.54, 1.807) is 6.08 Å². The average molecular weight is 1040 g/mol. The molecule has 2 unspecified atom stereocenters. The Morgan fingerprint density at radius 1 is 0.311 bits per heavy atom. The monoisotopic (exact) mass is 1040 g/mol. The van der Waals surface area contributed by atoms with E-state index in [1.165, 1.54) is 327 Å². The van der Waals surface area contributed by atoms with Crippen LogP contribution in [-0.2, 0) is 4.79 Å². The van der Waals surface area contributed by atoms with Crippen LogP contribution in [0, 0.1) is 0 Å². The molecule has 4 nitrogen and oxygen atoms in total. The molecule has 0 radical (unpaired) electrons. The van der Waals surface area contributed by atoms with Crippen molar-refractivity contribution in [1.29, 1.82) is 0 Å². The summed E-state index contributed by atoms with van der Waals surface area (Å²) < 4.78 is 0. The minimum absolute atomic E-state index is 0.0697. The Bertz CT molecular complexity index is 1130. The number of carbonyl (C=O) groups is 1. The van der Waals surface area contributed by atoms with Crippen LogP contribution >= 0.6 is 0 Å². The van der Waals surface area contributed by atoms with E-state index in [1.807, 2.05) is 6.08 Å². The van der Waals surface area contributed by atoms with Gasteiger partial charge in [-0.15, -0.1) is 0 Å². The molecule has 0 saturated carbocycles. The molecule has 0 spiro atoms. The standard InChI is InChI=1S/C70H135NO3/c1-3-5-7-9-11-13-15-17-19-21-23-25-27-29-31-32-33-34-35-36-37-38-39-40-42-44-46-48-50-52-54-56-58-60-62-64-66-70(74)71-68(67-72)69(73)65-63-61-59-57-55-53-51-49-47-45-43-41-30-28-26-24-22-20-18-16-14-12-10-8-6-4-2/h47,49,55,57,63,65,68-69,72-73H,3-46,48,50-54,56,58-62,64,66-67H2,1-2H3,(H,71,74)/b49-47+,57-55+,65-63+. The van der Waals surface area contributed by atoms with Gasteiger partial charge in [0.1, 0.15) is 0 Å². The number of amides is 1. The van der Waals surface area contributed by atoms with Crippen molar-refractivity contribution in [3.8, 4) is 0 Å². The molecule has 0 aliphatic heterocycles. The van der Waals surface area contributed by atoms with Crippen molar-refractivity contribution in [2.75, 3.05) is 6.61 Å². The van der Waals surface area contributed by atoms with E-state index in [0.29, 0.717) is 6.42 Å². The first kappa shape index (κ1) is 72.6. The highest BCUT2D eigenvalue weighted by atomic mass is 16.3. The molecular formula is C70H135NO3. The van der Waals surface area contributed by atoms with E-state index in [-0.39, 0.29) is 12.5 Å². The average Bonchev–Trinajstić information content (AvgIpc) is 3.40. The number of aliphatic hydroxyl groups is 2. The molecule has 2 atom stereocenters. The summed E-state index contributed by atoms with van der Waals surface area (Å²) in [4.78, 5) is 12.5. The Hall–Kier alpha value is -1.39. The molecule has 0 aromatic heterocycles. The molecule has 0 saturated heterocycles. The van der Waals surface area contributed by atoms with Crippen LogP contribution in [0.2, 0.25) is 0 Å². The van der Waals surface area contributed by atoms with Crippen LogP contribution < -0.4 is 5.32 Å². The van der Waals surface area contributed by atoms with Gasteiger partial charge < -0.3 is 15.5 Å². The summed E-state index contributed by atoms with van der Waals surface area (Å²) in [5.74, 6) is -0.0697. The smallest absolute Gasteiger partial charge is 0.220 e. The van der Waals surface area contributed by atoms with Crippen LogP contribution in [0.1, 0.15) is 386 Å². The van der Waals surface area contributed by atoms with Gasteiger partial charge in [0.15, 0.2) is 0 Å². The van der Waals surface area contributed by atoms with E-state index in [0.717, 1.165) is 38.5 Å². The lowest BCUT2D eigenvalue weighted by Crippen LogP contribution is -2.45. The van der Waals surface area contributed by atoms with Gasteiger partial charge in [0.25, 0.3) is 0 Å². The largest absolute Gasteiger partial charge is 0.394 e. The number of rotatable bonds is 64. The van der Waals surface area contributed by atoms with E-state index in [2.05, 4.69) is 43.5 Å². The number of allylic oxidation sites excluding steroid dienone is 5. The lowest BCUT2D eigenvalue weighted by Gasteiger charge is -2.19. The highest BCUT2D eigenvalue weighted by Gasteiger charge is 2.18. The number of carbonyl (C=O) groups excluding carboxylic acids is 1. The number of aliphatic hydroxyl groups excluding tert-OH is 2. The van der Waals surface area contributed by atoms with Gasteiger partial charge in [-0.1, -0.05) is 371 Å². The molecule has 0 bridgehead atoms. The van der Waals surface area contributed by atoms with Crippen molar-refractivity contribution in [3.63, 3.8) is 0 Å². The van der Waals surface area contributed by atoms with E-state index in [9.17, 15) is 15.0 Å². The summed E-state index contributed by atoms with van der Waals surface area (Å²) in [6.45, 7) is 4.34. The Morgan fingerprint density at radius 3 is 0.784 bits per heavy atom. The predicted octanol–water partition coefficient (Wildman–Crippen LogP) is 23.2. The Kier molecular flexibility index (Phi) is 64.7. The summed E-state index contributed by atoms with van der Waals surface area (Å²) in [6.07, 6.45) is 91.0. The summed E-state index contributed by atoms with van der Waals surface area (Å²) in [6, 6.07) is -0.645. The second kappa shape index (κ2) is 65.9. The van der Waals surface area contributed by atoms with Gasteiger partial charge in [0.2, 0.25) is 5.91 Å². The third kappa shape index (κ3) is 61.5. The summed E-state index contributed by atoms with van der Waals surface area (Å²) in [5, 5.41) is 23.2. The van der Waals surface area contributed by atoms with Crippen LogP contribution in [0.4, 0.5) is 0 Å². The molecular weight excluding hydrogens is 903 g/mol. The molecule has 0 fully saturated rings. The Morgan fingerprint density at radius 2 is 0.527 bits per heavy atom. The fraction of sp³-hybridized carbons (Fsp3) is 0.900. The van der Waals surface area contributed by atoms with Crippen molar-refractivity contribution in [2.24, 2.45) is 0 Å². The Labute approximate surface area is 465 Å². The SMILES string of the molecule is CCCCCCCCCCCCCCCCCC/C=C/CC/C=C/CC/C=C/C(O)C(CO)NC(=O)CCCCCCCCCCCCCCCCCCCCCCCCCCCCCCCCCCCCCC. The van der Waals surface area contributed by atoms with Gasteiger partial charge in [-0.3, -0.25) is 4.79 Å². The summed E-state index contributed by atoms with van der Waals surface area (Å²) in [5.41, 5.74) is 0. The lowest BCUT2D eigenvalue weighted by molar-refractivity contribution is -0.123. The van der Waals surface area contributed by atoms with Gasteiger partial charge in [-0.25, -0.2) is 0 Å². The summed E-state index contributed by atoms with van der Waals surface area (Å²) >= 11 is 0. The maximum atomic E-state index is 12.5. The molecule has 0 rings (SSSR count). The first-order valence-corrected chi connectivity index (χ1v) is 34.2. The number of nitrogens with one attached hydrogen (secondary N) is 1. The molecule has 74 heavy (non-hydrogen) atoms. The van der Waals surface area contributed by atoms with Gasteiger partial charge in [-0.2, -0.15) is 0 Å². The molecule has 0 aliphatic rings. The molecule has 438 valence electrons. The first-order valence-electron chi connectivity index (χ1n) is 34.2. The number of hydrogen-bond acceptors (Lipinski definition) is 3. The molecule has 4 heteroatoms. The molecule has 0 aromatic carbocycles. The lowest BCUT2D eigenvalue weighted by atomic mass is 10.0. The van der Waals surface area contributed by atoms with Crippen molar-refractivity contribution in [1.82, 2.24) is 5.32 Å². The highest BCUT2D eigenvalue weighted by molar-refractivity contribution is 5.76. The zero-order chi connectivity index (χ0) is 53.4. The first-order chi connectivity index (χ1) is 36.7. The fourth-order valence-corrected chi connectivity index (χ4v) is 10.9. The number of unbranched alkanes of at least 4 members (excludes halogenated alkanes) is 53. The van der Waals surface area contributed by atoms with Crippen molar-refractivity contribution < 1.29 is 15.0 Å². The minimum atomic E-state index is -0.870. The third-order valence-electron chi connectivity index (χ3n) is 16.1. The zero-order valence-corrected chi connectivity index (χ0v) is 50.6. The van der Waals surface area contributed by atoms with E-state index in [4.69, 9.17) is 0 Å². The van der Waals surface area contributed by atoms with Gasteiger partial charge in [0, 0.05) is 6.42 Å². The zero-order valence-electron chi connectivity index (χ0n) is 50.6. The molecule has 1 amide bonds. The number of hydrogen-bond donors (Lipinski definition) is 3. The van der Waals surface area contributed by atoms with Crippen molar-refractivity contribution >= 4 is 5.91 Å². The minimum Gasteiger partial charge on any atom is -0.394 e. The van der Waals surface area contributed by atoms with Crippen LogP contribution in [-0.4, -0.2) is 34.9 Å². The fourth-order valence-electron chi connectivity index (χ4n) is 10.9. The van der Waals surface area contributed by atoms with Crippen LogP contribution in [0.25, 0.3) is 0 Å². The van der Waals surface area contributed by atoms with Crippen LogP contribution in [0.15, 0.2) is 36.5 Å². The van der Waals surface area contributed by atoms with Crippen molar-refractivity contribution in [3.05, 3.63) is 36.5 Å². The quantitative estimate of drug-likeness (QED) is 0.0420. The second-order valence-corrected chi connectivity index (χ2v) is 23.6. The molecule has 0 heterocycles. The van der Waals surface area contributed by atoms with Gasteiger partial charge in [0.05, 0.1) is 18.8 Å². The summed E-state index contributed by atoms with van der Waals surface area (Å²) in [7, 11) is 0. The van der Waals surface area contributed by atoms with Gasteiger partial charge >= 0.3 is 0 Å². The van der Waals surface area contributed by atoms with Crippen LogP contribution in [0.5, 0.6) is 0 Å². The maximum Gasteiger partial charge on any atom is 0.220 e. The topological polar surface area (TPSA) is 69.6 Å². The van der Waals surface area contributed by atoms with Crippen molar-refractivity contribution in [2.45, 2.75) is 398 Å². The third-order valence-corrected chi connectivity index (χ3v) is 16.1. The highest BCUT2D eigenvalue weighted by Crippen LogP contribution is 2.19. The predicted molar refractivity (Wildman–Crippen MR) is 332 cm³/mol. The van der Waals surface area contributed by atoms with Crippen LogP contribution in [0.3, 0.4) is 0 Å². The molecule has 0 aliphatic carbocycles. The normalized spacial score (nSPS) is 12.9. The molecule has 3 N–H and O–H groups in total. The molecule has 0 aromatic rings. The van der Waals surface area contributed by atoms with E-state index >= 15 is 0 Å². The van der Waals surface area contributed by atoms with E-state index < -0.39 is 12.1 Å². The maximum absolute atomic E-state index is 12.5. The Balaban J connectivity index is 3.44. The second-order valence-electron chi connectivity index (χ2n) is 23.6.